The van der Waals surface area contributed by atoms with Crippen LogP contribution >= 0.6 is 0 Å². The van der Waals surface area contributed by atoms with Gasteiger partial charge >= 0.3 is 5.97 Å². The maximum atomic E-state index is 9.53. The number of aliphatic carboxylic acids is 2. The van der Waals surface area contributed by atoms with E-state index in [0.717, 1.165) is 18.8 Å². The Morgan fingerprint density at radius 2 is 1.44 bits per heavy atom. The van der Waals surface area contributed by atoms with Crippen molar-refractivity contribution in [3.63, 3.8) is 0 Å². The van der Waals surface area contributed by atoms with Crippen molar-refractivity contribution in [3.8, 4) is 16.9 Å². The average molecular weight is 486 g/mol. The van der Waals surface area contributed by atoms with Crippen molar-refractivity contribution in [1.82, 2.24) is 0 Å². The Hall–Kier alpha value is -4.19. The number of carbonyl (C=O) groups is 2. The summed E-state index contributed by atoms with van der Waals surface area (Å²) in [6.45, 7) is 3.03. The van der Waals surface area contributed by atoms with E-state index in [9.17, 15) is 14.7 Å². The van der Waals surface area contributed by atoms with Crippen LogP contribution in [0.4, 0.5) is 0 Å². The first-order valence-corrected chi connectivity index (χ1v) is 12.1. The zero-order valence-electron chi connectivity index (χ0n) is 20.6. The highest BCUT2D eigenvalue weighted by Gasteiger charge is 2.18. The van der Waals surface area contributed by atoms with Crippen molar-refractivity contribution < 1.29 is 29.1 Å². The second-order valence-corrected chi connectivity index (χ2v) is 8.39. The van der Waals surface area contributed by atoms with Gasteiger partial charge in [0.2, 0.25) is 11.0 Å². The van der Waals surface area contributed by atoms with Crippen LogP contribution in [0.15, 0.2) is 84.9 Å². The lowest BCUT2D eigenvalue weighted by Gasteiger charge is -2.11. The molecule has 0 amide bonds. The molecule has 6 heteroatoms. The first-order chi connectivity index (χ1) is 17.4. The zero-order chi connectivity index (χ0) is 25.9. The van der Waals surface area contributed by atoms with Gasteiger partial charge in [-0.3, -0.25) is 0 Å². The van der Waals surface area contributed by atoms with Crippen LogP contribution in [-0.4, -0.2) is 23.7 Å². The van der Waals surface area contributed by atoms with Crippen molar-refractivity contribution in [2.45, 2.75) is 32.6 Å². The Labute approximate surface area is 211 Å². The lowest BCUT2D eigenvalue weighted by molar-refractivity contribution is -0.617. The van der Waals surface area contributed by atoms with Gasteiger partial charge in [0.05, 0.1) is 23.3 Å². The van der Waals surface area contributed by atoms with Gasteiger partial charge in [-0.1, -0.05) is 62.6 Å². The molecule has 1 N–H and O–H groups in total. The number of pyridine rings is 1. The molecule has 0 unspecified atom stereocenters. The summed E-state index contributed by atoms with van der Waals surface area (Å²) in [5, 5.41) is 19.8. The van der Waals surface area contributed by atoms with Gasteiger partial charge in [0, 0.05) is 23.8 Å². The van der Waals surface area contributed by atoms with E-state index in [2.05, 4.69) is 91.3 Å². The predicted molar refractivity (Wildman–Crippen MR) is 139 cm³/mol. The van der Waals surface area contributed by atoms with Crippen LogP contribution in [0.2, 0.25) is 0 Å². The Morgan fingerprint density at radius 3 is 1.94 bits per heavy atom. The quantitative estimate of drug-likeness (QED) is 0.159. The van der Waals surface area contributed by atoms with Crippen molar-refractivity contribution in [3.05, 3.63) is 84.9 Å². The van der Waals surface area contributed by atoms with E-state index >= 15 is 0 Å². The number of carboxylic acid groups (broad SMARTS) is 2. The fraction of sp³-hybridized carbons (Fsp3) is 0.233. The van der Waals surface area contributed by atoms with Crippen molar-refractivity contribution in [1.29, 1.82) is 0 Å². The van der Waals surface area contributed by atoms with E-state index in [1.807, 2.05) is 0 Å². The topological polar surface area (TPSA) is 90.5 Å². The molecular weight excluding hydrogens is 454 g/mol. The minimum atomic E-state index is -1.51. The molecule has 0 radical (unpaired) electrons. The van der Waals surface area contributed by atoms with E-state index in [4.69, 9.17) is 9.84 Å². The summed E-state index contributed by atoms with van der Waals surface area (Å²) in [5.41, 5.74) is 5.00. The van der Waals surface area contributed by atoms with E-state index in [0.29, 0.717) is 12.2 Å². The maximum Gasteiger partial charge on any atom is 0.328 e. The summed E-state index contributed by atoms with van der Waals surface area (Å²) in [5.74, 6) is -1.85. The molecule has 6 nitrogen and oxygen atoms in total. The minimum absolute atomic E-state index is 0.447. The molecule has 1 aromatic heterocycles. The molecule has 0 aliphatic carbocycles. The fourth-order valence-corrected chi connectivity index (χ4v) is 4.12. The molecule has 1 heterocycles. The fourth-order valence-electron chi connectivity index (χ4n) is 4.12. The van der Waals surface area contributed by atoms with Gasteiger partial charge in [-0.15, -0.1) is 0 Å². The molecule has 0 bridgehead atoms. The van der Waals surface area contributed by atoms with Crippen LogP contribution in [0.3, 0.4) is 0 Å². The lowest BCUT2D eigenvalue weighted by atomic mass is 9.96. The normalized spacial score (nSPS) is 10.8. The van der Waals surface area contributed by atoms with Crippen LogP contribution < -0.4 is 14.4 Å². The summed E-state index contributed by atoms with van der Waals surface area (Å²) in [6.07, 6.45) is 5.85. The van der Waals surface area contributed by atoms with Crippen LogP contribution in [-0.2, 0) is 16.6 Å². The number of aromatic nitrogens is 1. The monoisotopic (exact) mass is 485 g/mol. The average Bonchev–Trinajstić information content (AvgIpc) is 2.89. The molecule has 36 heavy (non-hydrogen) atoms. The summed E-state index contributed by atoms with van der Waals surface area (Å²) >= 11 is 0. The van der Waals surface area contributed by atoms with Crippen LogP contribution in [0.25, 0.3) is 32.9 Å². The van der Waals surface area contributed by atoms with Gasteiger partial charge in [-0.2, -0.15) is 4.57 Å². The van der Waals surface area contributed by atoms with Gasteiger partial charge in [0.25, 0.3) is 0 Å². The molecule has 0 aliphatic rings. The molecule has 0 saturated heterocycles. The molecule has 3 aromatic carbocycles. The molecule has 0 atom stereocenters. The molecule has 0 fully saturated rings. The smallest absolute Gasteiger partial charge is 0.328 e. The van der Waals surface area contributed by atoms with Crippen LogP contribution in [0.5, 0.6) is 5.75 Å². The second kappa shape index (κ2) is 13.0. The van der Waals surface area contributed by atoms with Crippen LogP contribution in [0.1, 0.15) is 32.6 Å². The number of nitrogens with zero attached hydrogens (tertiary/aromatic N) is 1. The molecule has 186 valence electrons. The summed E-state index contributed by atoms with van der Waals surface area (Å²) in [4.78, 5) is 19.0. The number of rotatable bonds is 9. The van der Waals surface area contributed by atoms with Gasteiger partial charge in [0.1, 0.15) is 12.8 Å². The molecule has 0 spiro atoms. The predicted octanol–water partition coefficient (Wildman–Crippen LogP) is 4.82. The molecule has 0 saturated carbocycles. The second-order valence-electron chi connectivity index (χ2n) is 8.39. The number of hydrogen-bond acceptors (Lipinski definition) is 4. The number of aryl methyl sites for hydroxylation is 1. The molecule has 4 aromatic rings. The third-order valence-corrected chi connectivity index (χ3v) is 5.84. The maximum absolute atomic E-state index is 9.53. The summed E-state index contributed by atoms with van der Waals surface area (Å²) in [7, 11) is 2.14. The zero-order valence-corrected chi connectivity index (χ0v) is 20.6. The standard InChI is InChI=1S/C26H28NO.C4H4O4/c1-3-4-5-10-19-28-21-17-15-20(16-18-21)26-22-11-6-8-13-24(22)27(2)25-14-9-7-12-23(25)26;5-3(6)1-2-4(7)8/h6-9,11-18H,3-5,10,19H2,1-2H3;1-2H,(H,5,6)(H,7,8)/q+1;/p-1/b;2-1+. The highest BCUT2D eigenvalue weighted by Crippen LogP contribution is 2.34. The number of fused-ring (bicyclic) bond motifs is 2. The van der Waals surface area contributed by atoms with Gasteiger partial charge < -0.3 is 19.7 Å². The minimum Gasteiger partial charge on any atom is -0.545 e. The third kappa shape index (κ3) is 6.92. The summed E-state index contributed by atoms with van der Waals surface area (Å²) in [6, 6.07) is 25.9. The van der Waals surface area contributed by atoms with Gasteiger partial charge in [-0.25, -0.2) is 4.79 Å². The molecule has 4 rings (SSSR count). The first kappa shape index (κ1) is 26.4. The summed E-state index contributed by atoms with van der Waals surface area (Å²) < 4.78 is 8.21. The van der Waals surface area contributed by atoms with Crippen molar-refractivity contribution in [2.75, 3.05) is 6.61 Å². The van der Waals surface area contributed by atoms with E-state index in [1.165, 1.54) is 52.2 Å². The van der Waals surface area contributed by atoms with E-state index in [1.54, 1.807) is 0 Å². The number of ether oxygens (including phenoxy) is 1. The Kier molecular flexibility index (Phi) is 9.57. The first-order valence-electron chi connectivity index (χ1n) is 12.1. The van der Waals surface area contributed by atoms with Crippen molar-refractivity contribution >= 4 is 33.7 Å². The van der Waals surface area contributed by atoms with Crippen molar-refractivity contribution in [2.24, 2.45) is 7.05 Å². The highest BCUT2D eigenvalue weighted by atomic mass is 16.5. The van der Waals surface area contributed by atoms with E-state index < -0.39 is 11.9 Å². The molecular formula is C30H31NO5. The Balaban J connectivity index is 0.000000392. The van der Waals surface area contributed by atoms with Gasteiger partial charge in [-0.05, 0) is 42.3 Å². The lowest BCUT2D eigenvalue weighted by Crippen LogP contribution is -2.30. The number of carbonyl (C=O) groups excluding carboxylic acids is 1. The number of benzene rings is 3. The van der Waals surface area contributed by atoms with Crippen LogP contribution in [0, 0.1) is 0 Å². The Morgan fingerprint density at radius 1 is 0.861 bits per heavy atom. The van der Waals surface area contributed by atoms with E-state index in [-0.39, 0.29) is 0 Å². The largest absolute Gasteiger partial charge is 0.545 e. The third-order valence-electron chi connectivity index (χ3n) is 5.84. The number of carboxylic acids is 2. The van der Waals surface area contributed by atoms with Gasteiger partial charge in [0.15, 0.2) is 0 Å². The molecule has 0 aliphatic heterocycles. The SMILES string of the molecule is CCCCCCOc1ccc(-c2c3ccccc3[n+](C)c3ccccc23)cc1.O=C([O-])/C=C/C(=O)O. The highest BCUT2D eigenvalue weighted by molar-refractivity contribution is 6.07. The number of unbranched alkanes of at least 4 members (excludes halogenated alkanes) is 3. The number of hydrogen-bond donors (Lipinski definition) is 1. The number of para-hydroxylation sites is 2. The Bertz CT molecular complexity index is 1290.